The highest BCUT2D eigenvalue weighted by Crippen LogP contribution is 2.27. The number of hydrogen-bond acceptors (Lipinski definition) is 8. The highest BCUT2D eigenvalue weighted by Gasteiger charge is 2.20. The molecule has 0 atom stereocenters. The Kier molecular flexibility index (Phi) is 5.74. The van der Waals surface area contributed by atoms with E-state index in [1.54, 1.807) is 25.1 Å². The zero-order chi connectivity index (χ0) is 21.1. The fourth-order valence-corrected chi connectivity index (χ4v) is 3.84. The molecule has 3 aromatic rings. The summed E-state index contributed by atoms with van der Waals surface area (Å²) in [7, 11) is 2.50. The molecule has 0 aliphatic rings. The number of thiophene rings is 1. The number of aromatic nitrogens is 2. The molecular weight excluding hydrogens is 398 g/mol. The van der Waals surface area contributed by atoms with Gasteiger partial charge in [-0.3, -0.25) is 14.2 Å². The Bertz CT molecular complexity index is 1180. The normalized spacial score (nSPS) is 10.6. The number of hydrogen-bond donors (Lipinski definition) is 1. The summed E-state index contributed by atoms with van der Waals surface area (Å²) in [6.45, 7) is 1.31. The molecule has 0 aliphatic carbocycles. The number of benzene rings is 1. The van der Waals surface area contributed by atoms with Crippen LogP contribution >= 0.6 is 11.3 Å². The van der Waals surface area contributed by atoms with Gasteiger partial charge in [-0.15, -0.1) is 11.3 Å². The number of fused-ring (bicyclic) bond motifs is 1. The molecule has 3 rings (SSSR count). The maximum Gasteiger partial charge on any atom is 0.348 e. The number of anilines is 1. The van der Waals surface area contributed by atoms with Gasteiger partial charge < -0.3 is 14.8 Å². The first kappa shape index (κ1) is 20.2. The fraction of sp³-hybridized carbons (Fsp3) is 0.211. The number of carbonyl (C=O) groups excluding carboxylic acids is 3. The van der Waals surface area contributed by atoms with Crippen molar-refractivity contribution < 1.29 is 23.9 Å². The molecule has 0 aliphatic heterocycles. The van der Waals surface area contributed by atoms with Crippen LogP contribution in [0.4, 0.5) is 5.69 Å². The topological polar surface area (TPSA) is 117 Å². The number of para-hydroxylation sites is 1. The van der Waals surface area contributed by atoms with Gasteiger partial charge in [-0.25, -0.2) is 14.6 Å². The second-order valence-corrected chi connectivity index (χ2v) is 6.99. The second kappa shape index (κ2) is 8.23. The molecule has 0 saturated carbocycles. The van der Waals surface area contributed by atoms with E-state index in [2.05, 4.69) is 10.3 Å². The first-order valence-corrected chi connectivity index (χ1v) is 9.23. The summed E-state index contributed by atoms with van der Waals surface area (Å²) in [4.78, 5) is 53.8. The van der Waals surface area contributed by atoms with E-state index in [0.717, 1.165) is 15.9 Å². The fourth-order valence-electron chi connectivity index (χ4n) is 2.78. The van der Waals surface area contributed by atoms with E-state index in [4.69, 9.17) is 9.47 Å². The SMILES string of the molecule is COC(=O)c1ccccc1NC(=O)Cn1cnc2sc(C(=O)OC)c(C)c2c1=O. The zero-order valence-corrected chi connectivity index (χ0v) is 16.7. The molecule has 29 heavy (non-hydrogen) atoms. The first-order chi connectivity index (χ1) is 13.9. The maximum atomic E-state index is 12.8. The van der Waals surface area contributed by atoms with Crippen LogP contribution in [0.3, 0.4) is 0 Å². The molecule has 0 radical (unpaired) electrons. The van der Waals surface area contributed by atoms with E-state index in [9.17, 15) is 19.2 Å². The molecule has 1 N–H and O–H groups in total. The lowest BCUT2D eigenvalue weighted by molar-refractivity contribution is -0.116. The molecule has 0 unspecified atom stereocenters. The smallest absolute Gasteiger partial charge is 0.348 e. The number of nitrogens with zero attached hydrogens (tertiary/aromatic N) is 2. The van der Waals surface area contributed by atoms with Crippen molar-refractivity contribution in [3.05, 3.63) is 57.0 Å². The van der Waals surface area contributed by atoms with Crippen LogP contribution in [0.15, 0.2) is 35.4 Å². The van der Waals surface area contributed by atoms with Gasteiger partial charge in [-0.2, -0.15) is 0 Å². The number of aryl methyl sites for hydroxylation is 1. The van der Waals surface area contributed by atoms with Crippen LogP contribution in [0, 0.1) is 6.92 Å². The van der Waals surface area contributed by atoms with Crippen molar-refractivity contribution in [2.75, 3.05) is 19.5 Å². The number of esters is 2. The predicted octanol–water partition coefficient (Wildman–Crippen LogP) is 1.98. The van der Waals surface area contributed by atoms with E-state index in [-0.39, 0.29) is 23.2 Å². The van der Waals surface area contributed by atoms with Gasteiger partial charge in [-0.1, -0.05) is 12.1 Å². The van der Waals surface area contributed by atoms with Gasteiger partial charge in [-0.05, 0) is 24.6 Å². The summed E-state index contributed by atoms with van der Waals surface area (Å²) in [6, 6.07) is 6.37. The van der Waals surface area contributed by atoms with Crippen molar-refractivity contribution in [3.63, 3.8) is 0 Å². The van der Waals surface area contributed by atoms with Crippen LogP contribution < -0.4 is 10.9 Å². The van der Waals surface area contributed by atoms with Crippen LogP contribution in [-0.2, 0) is 20.8 Å². The third-order valence-corrected chi connectivity index (χ3v) is 5.39. The van der Waals surface area contributed by atoms with Gasteiger partial charge in [0.2, 0.25) is 5.91 Å². The van der Waals surface area contributed by atoms with Gasteiger partial charge in [0.1, 0.15) is 16.3 Å². The summed E-state index contributed by atoms with van der Waals surface area (Å²) >= 11 is 1.06. The highest BCUT2D eigenvalue weighted by molar-refractivity contribution is 7.20. The van der Waals surface area contributed by atoms with E-state index < -0.39 is 23.4 Å². The highest BCUT2D eigenvalue weighted by atomic mass is 32.1. The van der Waals surface area contributed by atoms with Crippen LogP contribution in [0.5, 0.6) is 0 Å². The van der Waals surface area contributed by atoms with Crippen LogP contribution in [0.2, 0.25) is 0 Å². The minimum atomic E-state index is -0.592. The van der Waals surface area contributed by atoms with Gasteiger partial charge in [0.25, 0.3) is 5.56 Å². The van der Waals surface area contributed by atoms with E-state index >= 15 is 0 Å². The number of methoxy groups -OCH3 is 2. The molecule has 0 saturated heterocycles. The summed E-state index contributed by atoms with van der Waals surface area (Å²) in [5, 5.41) is 2.86. The van der Waals surface area contributed by atoms with Crippen molar-refractivity contribution in [1.29, 1.82) is 0 Å². The van der Waals surface area contributed by atoms with Crippen molar-refractivity contribution >= 4 is 45.1 Å². The van der Waals surface area contributed by atoms with Gasteiger partial charge in [0, 0.05) is 0 Å². The Morgan fingerprint density at radius 2 is 1.83 bits per heavy atom. The molecule has 9 nitrogen and oxygen atoms in total. The lowest BCUT2D eigenvalue weighted by atomic mass is 10.2. The third kappa shape index (κ3) is 3.87. The molecule has 0 fully saturated rings. The van der Waals surface area contributed by atoms with Crippen molar-refractivity contribution in [1.82, 2.24) is 9.55 Å². The summed E-state index contributed by atoms with van der Waals surface area (Å²) < 4.78 is 10.6. The monoisotopic (exact) mass is 415 g/mol. The van der Waals surface area contributed by atoms with Crippen molar-refractivity contribution in [3.8, 4) is 0 Å². The van der Waals surface area contributed by atoms with E-state index in [1.165, 1.54) is 26.6 Å². The molecule has 2 heterocycles. The molecule has 0 spiro atoms. The summed E-state index contributed by atoms with van der Waals surface area (Å²) in [5.74, 6) is -1.66. The maximum absolute atomic E-state index is 12.8. The van der Waals surface area contributed by atoms with Gasteiger partial charge in [0.15, 0.2) is 0 Å². The Morgan fingerprint density at radius 3 is 2.52 bits per heavy atom. The largest absolute Gasteiger partial charge is 0.465 e. The van der Waals surface area contributed by atoms with Crippen molar-refractivity contribution in [2.24, 2.45) is 0 Å². The van der Waals surface area contributed by atoms with Gasteiger partial charge in [0.05, 0.1) is 37.2 Å². The Balaban J connectivity index is 1.89. The Hall–Kier alpha value is -3.53. The average molecular weight is 415 g/mol. The Labute approximate surface area is 168 Å². The number of nitrogens with one attached hydrogen (secondary N) is 1. The predicted molar refractivity (Wildman–Crippen MR) is 106 cm³/mol. The first-order valence-electron chi connectivity index (χ1n) is 8.41. The standard InChI is InChI=1S/C19H17N3O6S/c1-10-14-16(29-15(10)19(26)28-3)20-9-22(17(14)24)8-13(23)21-12-7-5-4-6-11(12)18(25)27-2/h4-7,9H,8H2,1-3H3,(H,21,23). The van der Waals surface area contributed by atoms with Crippen LogP contribution in [-0.4, -0.2) is 41.6 Å². The lowest BCUT2D eigenvalue weighted by Crippen LogP contribution is -2.28. The molecular formula is C19H17N3O6S. The number of rotatable bonds is 5. The molecule has 1 aromatic carbocycles. The van der Waals surface area contributed by atoms with Crippen LogP contribution in [0.25, 0.3) is 10.2 Å². The molecule has 150 valence electrons. The molecule has 0 bridgehead atoms. The van der Waals surface area contributed by atoms with Crippen LogP contribution in [0.1, 0.15) is 25.6 Å². The van der Waals surface area contributed by atoms with Crippen molar-refractivity contribution in [2.45, 2.75) is 13.5 Å². The minimum absolute atomic E-state index is 0.195. The molecule has 2 aromatic heterocycles. The van der Waals surface area contributed by atoms with Gasteiger partial charge >= 0.3 is 11.9 Å². The number of carbonyl (C=O) groups is 3. The van der Waals surface area contributed by atoms with E-state index in [0.29, 0.717) is 15.3 Å². The number of ether oxygens (including phenoxy) is 2. The summed E-state index contributed by atoms with van der Waals surface area (Å²) in [6.07, 6.45) is 1.24. The second-order valence-electron chi connectivity index (χ2n) is 5.99. The molecule has 10 heteroatoms. The quantitative estimate of drug-likeness (QED) is 0.633. The summed E-state index contributed by atoms with van der Waals surface area (Å²) in [5.41, 5.74) is 0.474. The Morgan fingerprint density at radius 1 is 1.14 bits per heavy atom. The van der Waals surface area contributed by atoms with E-state index in [1.807, 2.05) is 0 Å². The lowest BCUT2D eigenvalue weighted by Gasteiger charge is -2.10. The minimum Gasteiger partial charge on any atom is -0.465 e. The number of amides is 1. The molecule has 1 amide bonds. The third-order valence-electron chi connectivity index (χ3n) is 4.21. The zero-order valence-electron chi connectivity index (χ0n) is 15.8. The average Bonchev–Trinajstić information content (AvgIpc) is 3.06.